The number of rotatable bonds is 3. The van der Waals surface area contributed by atoms with Crippen LogP contribution in [0.2, 0.25) is 0 Å². The van der Waals surface area contributed by atoms with Gasteiger partial charge in [0.1, 0.15) is 11.1 Å². The van der Waals surface area contributed by atoms with Crippen LogP contribution < -0.4 is 0 Å². The minimum Gasteiger partial charge on any atom is -0.453 e. The SMILES string of the molecule is [2H]c1c([2H])c(-c2ncc3oc4ccc(-c5c([2H])c([2H])c([2H])c6c5sc5c([2H])c([2H])c([2H])c([2H])c56)cc4c3n2)c([2H])c(-c2c([2H])c([2H])c([2H])c3c2sc2c([2H])c([2H])c([2H])c([2H])c23)c1[2H]. The third kappa shape index (κ3) is 3.81. The number of aromatic nitrogens is 2. The molecule has 10 aromatic rings. The maximum atomic E-state index is 9.45. The van der Waals surface area contributed by atoms with Crippen molar-refractivity contribution in [3.8, 4) is 33.6 Å². The molecule has 4 heterocycles. The minimum atomic E-state index is -0.681. The van der Waals surface area contributed by atoms with Gasteiger partial charge in [-0.2, -0.15) is 0 Å². The first-order valence-electron chi connectivity index (χ1n) is 22.4. The van der Waals surface area contributed by atoms with Gasteiger partial charge >= 0.3 is 0 Å². The summed E-state index contributed by atoms with van der Waals surface area (Å²) in [6.07, 6.45) is 1.28. The Bertz CT molecular complexity index is 3800. The number of nitrogens with zero attached hydrogens (tertiary/aromatic N) is 2. The molecule has 5 heteroatoms. The van der Waals surface area contributed by atoms with Crippen molar-refractivity contribution in [2.24, 2.45) is 0 Å². The number of thiophene rings is 2. The summed E-state index contributed by atoms with van der Waals surface area (Å²) in [4.78, 5) is 9.06. The number of furan rings is 1. The summed E-state index contributed by atoms with van der Waals surface area (Å²) in [6, 6.07) is -4.24. The molecule has 0 aliphatic rings. The van der Waals surface area contributed by atoms with Crippen molar-refractivity contribution in [1.29, 1.82) is 0 Å². The molecule has 0 aliphatic carbocycles. The van der Waals surface area contributed by atoms with Gasteiger partial charge in [0.15, 0.2) is 11.4 Å². The maximum absolute atomic E-state index is 9.45. The van der Waals surface area contributed by atoms with E-state index in [4.69, 9.17) is 27.7 Å². The first-order chi connectivity index (χ1) is 29.8. The summed E-state index contributed by atoms with van der Waals surface area (Å²) in [7, 11) is 0. The molecule has 0 amide bonds. The van der Waals surface area contributed by atoms with Gasteiger partial charge in [-0.25, -0.2) is 9.97 Å². The van der Waals surface area contributed by atoms with E-state index in [9.17, 15) is 1.37 Å². The van der Waals surface area contributed by atoms with Crippen LogP contribution >= 0.6 is 22.7 Å². The van der Waals surface area contributed by atoms with Crippen molar-refractivity contribution in [3.63, 3.8) is 0 Å². The Labute approximate surface area is 290 Å². The molecular formula is C40H22N2OS2. The molecule has 0 saturated heterocycles. The van der Waals surface area contributed by atoms with E-state index in [0.717, 1.165) is 22.7 Å². The van der Waals surface area contributed by atoms with Crippen LogP contribution in [0, 0.1) is 0 Å². The molecule has 0 atom stereocenters. The molecule has 0 spiro atoms. The largest absolute Gasteiger partial charge is 0.453 e. The second-order valence-electron chi connectivity index (χ2n) is 9.99. The lowest BCUT2D eigenvalue weighted by Crippen LogP contribution is -1.89. The normalized spacial score (nSPS) is 17.6. The predicted molar refractivity (Wildman–Crippen MR) is 191 cm³/mol. The van der Waals surface area contributed by atoms with Crippen molar-refractivity contribution < 1.29 is 29.1 Å². The molecule has 3 nitrogen and oxygen atoms in total. The van der Waals surface area contributed by atoms with Gasteiger partial charge in [-0.1, -0.05) is 96.7 Å². The highest BCUT2D eigenvalue weighted by atomic mass is 32.1. The standard InChI is InChI=1S/C40H22N2OS2/c1-3-16-35-28(10-1)30-14-6-12-26(38(30)44-35)23-8-5-9-25(20-23)40-41-22-34-37(42-40)32-21-24(18-19-33(32)43-34)27-13-7-15-31-29-11-2-4-17-36(29)45-39(27)31/h1-22H/i1D,2D,3D,4D,5D,6D,7D,8D,9D,10D,11D,12D,13D,14D,15D,16D,17D,20D. The molecule has 4 aromatic heterocycles. The zero-order chi connectivity index (χ0) is 45.1. The molecule has 45 heavy (non-hydrogen) atoms. The molecule has 0 unspecified atom stereocenters. The summed E-state index contributed by atoms with van der Waals surface area (Å²) in [5, 5.41) is 0.376. The fourth-order valence-corrected chi connectivity index (χ4v) is 7.61. The van der Waals surface area contributed by atoms with Crippen molar-refractivity contribution in [3.05, 3.63) is 133 Å². The fraction of sp³-hybridized carbons (Fsp3) is 0. The highest BCUT2D eigenvalue weighted by molar-refractivity contribution is 7.26. The zero-order valence-electron chi connectivity index (χ0n) is 40.4. The Morgan fingerprint density at radius 1 is 0.556 bits per heavy atom. The molecule has 0 saturated carbocycles. The third-order valence-electron chi connectivity index (χ3n) is 7.47. The smallest absolute Gasteiger partial charge is 0.172 e. The Morgan fingerprint density at radius 2 is 1.18 bits per heavy atom. The van der Waals surface area contributed by atoms with Crippen molar-refractivity contribution in [2.75, 3.05) is 0 Å². The molecule has 0 aliphatic heterocycles. The summed E-state index contributed by atoms with van der Waals surface area (Å²) >= 11 is 1.78. The van der Waals surface area contributed by atoms with E-state index in [-0.39, 0.29) is 99.0 Å². The van der Waals surface area contributed by atoms with Crippen LogP contribution in [0.25, 0.3) is 96.1 Å². The summed E-state index contributed by atoms with van der Waals surface area (Å²) in [6.45, 7) is 0. The number of fused-ring (bicyclic) bond motifs is 9. The second-order valence-corrected chi connectivity index (χ2v) is 12.0. The molecular weight excluding hydrogens is 589 g/mol. The van der Waals surface area contributed by atoms with Crippen LogP contribution in [0.1, 0.15) is 24.7 Å². The van der Waals surface area contributed by atoms with E-state index in [2.05, 4.69) is 9.97 Å². The molecule has 10 rings (SSSR count). The van der Waals surface area contributed by atoms with Gasteiger partial charge < -0.3 is 4.42 Å². The highest BCUT2D eigenvalue weighted by Gasteiger charge is 2.16. The first-order valence-corrected chi connectivity index (χ1v) is 15.1. The van der Waals surface area contributed by atoms with Gasteiger partial charge in [-0.3, -0.25) is 0 Å². The van der Waals surface area contributed by atoms with Crippen molar-refractivity contribution >= 4 is 85.1 Å². The molecule has 0 radical (unpaired) electrons. The van der Waals surface area contributed by atoms with E-state index in [1.165, 1.54) is 6.20 Å². The maximum Gasteiger partial charge on any atom is 0.172 e. The quantitative estimate of drug-likeness (QED) is 0.195. The van der Waals surface area contributed by atoms with E-state index in [1.807, 2.05) is 0 Å². The first kappa shape index (κ1) is 13.3. The van der Waals surface area contributed by atoms with Crippen LogP contribution in [0.15, 0.2) is 138 Å². The Kier molecular flexibility index (Phi) is 2.83. The minimum absolute atomic E-state index is 0.0202. The summed E-state index contributed by atoms with van der Waals surface area (Å²) in [5.74, 6) is -0.259. The van der Waals surface area contributed by atoms with Gasteiger partial charge in [0.05, 0.1) is 30.9 Å². The van der Waals surface area contributed by atoms with E-state index in [1.54, 1.807) is 18.2 Å². The predicted octanol–water partition coefficient (Wildman–Crippen LogP) is 12.1. The zero-order valence-corrected chi connectivity index (χ0v) is 24.1. The number of hydrogen-bond acceptors (Lipinski definition) is 5. The third-order valence-corrected chi connectivity index (χ3v) is 9.72. The van der Waals surface area contributed by atoms with Gasteiger partial charge in [0, 0.05) is 51.3 Å². The Balaban J connectivity index is 1.22. The molecule has 0 N–H and O–H groups in total. The molecule has 0 bridgehead atoms. The Hall–Kier alpha value is -5.36. The van der Waals surface area contributed by atoms with Crippen molar-refractivity contribution in [2.45, 2.75) is 0 Å². The lowest BCUT2D eigenvalue weighted by Gasteiger charge is -2.07. The van der Waals surface area contributed by atoms with Gasteiger partial charge in [-0.15, -0.1) is 22.7 Å². The van der Waals surface area contributed by atoms with Crippen LogP contribution in [0.5, 0.6) is 0 Å². The monoisotopic (exact) mass is 628 g/mol. The van der Waals surface area contributed by atoms with E-state index >= 15 is 0 Å². The van der Waals surface area contributed by atoms with Crippen LogP contribution in [-0.4, -0.2) is 9.97 Å². The van der Waals surface area contributed by atoms with Crippen LogP contribution in [-0.2, 0) is 0 Å². The average molecular weight is 629 g/mol. The number of hydrogen-bond donors (Lipinski definition) is 0. The average Bonchev–Trinajstić information content (AvgIpc) is 3.97. The lowest BCUT2D eigenvalue weighted by molar-refractivity contribution is 0.666. The van der Waals surface area contributed by atoms with E-state index < -0.39 is 84.6 Å². The second kappa shape index (κ2) is 9.57. The number of benzene rings is 6. The summed E-state index contributed by atoms with van der Waals surface area (Å²) in [5.41, 5.74) is 0.196. The van der Waals surface area contributed by atoms with Gasteiger partial charge in [0.2, 0.25) is 0 Å². The van der Waals surface area contributed by atoms with Gasteiger partial charge in [-0.05, 0) is 52.5 Å². The molecule has 6 aromatic carbocycles. The van der Waals surface area contributed by atoms with Crippen LogP contribution in [0.3, 0.4) is 0 Å². The highest BCUT2D eigenvalue weighted by Crippen LogP contribution is 2.42. The fourth-order valence-electron chi connectivity index (χ4n) is 5.45. The lowest BCUT2D eigenvalue weighted by atomic mass is 10.0. The summed E-state index contributed by atoms with van der Waals surface area (Å²) < 4.78 is 163. The van der Waals surface area contributed by atoms with Crippen LogP contribution in [0.4, 0.5) is 0 Å². The molecule has 0 fully saturated rings. The topological polar surface area (TPSA) is 38.9 Å². The van der Waals surface area contributed by atoms with Crippen molar-refractivity contribution in [1.82, 2.24) is 9.97 Å². The Morgan fingerprint density at radius 3 is 1.91 bits per heavy atom. The van der Waals surface area contributed by atoms with E-state index in [0.29, 0.717) is 21.2 Å². The van der Waals surface area contributed by atoms with Gasteiger partial charge in [0.25, 0.3) is 0 Å². The molecule has 210 valence electrons.